The Labute approximate surface area is 173 Å². The van der Waals surface area contributed by atoms with Gasteiger partial charge in [-0.1, -0.05) is 68.4 Å². The molecule has 0 aromatic heterocycles. The second kappa shape index (κ2) is 9.92. The van der Waals surface area contributed by atoms with Gasteiger partial charge in [0.1, 0.15) is 12.4 Å². The van der Waals surface area contributed by atoms with Crippen molar-refractivity contribution in [1.29, 1.82) is 0 Å². The van der Waals surface area contributed by atoms with Gasteiger partial charge in [-0.05, 0) is 52.8 Å². The van der Waals surface area contributed by atoms with Crippen molar-refractivity contribution in [3.05, 3.63) is 89.0 Å². The Morgan fingerprint density at radius 3 is 2.07 bits per heavy atom. The number of esters is 1. The second-order valence-electron chi connectivity index (χ2n) is 7.09. The SMILES string of the molecule is CCc1cccc(-c2cccc(COc3cc(CC)ccc3CC(=O)OC)c2)c1. The van der Waals surface area contributed by atoms with Crippen molar-refractivity contribution < 1.29 is 14.3 Å². The number of rotatable bonds is 8. The zero-order valence-corrected chi connectivity index (χ0v) is 17.4. The minimum Gasteiger partial charge on any atom is -0.489 e. The molecule has 29 heavy (non-hydrogen) atoms. The van der Waals surface area contributed by atoms with Crippen LogP contribution in [0.15, 0.2) is 66.7 Å². The van der Waals surface area contributed by atoms with Crippen molar-refractivity contribution in [2.24, 2.45) is 0 Å². The summed E-state index contributed by atoms with van der Waals surface area (Å²) in [5.41, 5.74) is 6.84. The first kappa shape index (κ1) is 20.7. The molecular weight excluding hydrogens is 360 g/mol. The molecule has 0 fully saturated rings. The molecule has 3 nitrogen and oxygen atoms in total. The van der Waals surface area contributed by atoms with Crippen LogP contribution in [0.4, 0.5) is 0 Å². The first-order valence-corrected chi connectivity index (χ1v) is 10.1. The maximum Gasteiger partial charge on any atom is 0.310 e. The van der Waals surface area contributed by atoms with E-state index in [0.29, 0.717) is 6.61 Å². The molecule has 3 aromatic carbocycles. The maximum atomic E-state index is 11.7. The number of hydrogen-bond acceptors (Lipinski definition) is 3. The molecule has 0 aliphatic heterocycles. The van der Waals surface area contributed by atoms with Crippen molar-refractivity contribution in [2.75, 3.05) is 7.11 Å². The van der Waals surface area contributed by atoms with Gasteiger partial charge in [-0.2, -0.15) is 0 Å². The molecule has 3 aromatic rings. The molecule has 0 unspecified atom stereocenters. The van der Waals surface area contributed by atoms with E-state index in [2.05, 4.69) is 62.4 Å². The van der Waals surface area contributed by atoms with Gasteiger partial charge < -0.3 is 9.47 Å². The highest BCUT2D eigenvalue weighted by Gasteiger charge is 2.11. The van der Waals surface area contributed by atoms with Gasteiger partial charge in [-0.15, -0.1) is 0 Å². The van der Waals surface area contributed by atoms with E-state index in [0.717, 1.165) is 29.7 Å². The van der Waals surface area contributed by atoms with Gasteiger partial charge in [0.05, 0.1) is 13.5 Å². The number of carbonyl (C=O) groups is 1. The van der Waals surface area contributed by atoms with Gasteiger partial charge in [-0.3, -0.25) is 4.79 Å². The van der Waals surface area contributed by atoms with Crippen molar-refractivity contribution >= 4 is 5.97 Å². The van der Waals surface area contributed by atoms with Crippen molar-refractivity contribution in [1.82, 2.24) is 0 Å². The summed E-state index contributed by atoms with van der Waals surface area (Å²) < 4.78 is 11.0. The summed E-state index contributed by atoms with van der Waals surface area (Å²) in [5, 5.41) is 0. The smallest absolute Gasteiger partial charge is 0.310 e. The van der Waals surface area contributed by atoms with Crippen LogP contribution in [0.1, 0.15) is 36.1 Å². The van der Waals surface area contributed by atoms with Gasteiger partial charge in [0, 0.05) is 5.56 Å². The Morgan fingerprint density at radius 2 is 1.41 bits per heavy atom. The van der Waals surface area contributed by atoms with E-state index in [1.807, 2.05) is 18.2 Å². The summed E-state index contributed by atoms with van der Waals surface area (Å²) in [5.74, 6) is 0.477. The van der Waals surface area contributed by atoms with Crippen LogP contribution in [-0.2, 0) is 35.4 Å². The van der Waals surface area contributed by atoms with Gasteiger partial charge in [-0.25, -0.2) is 0 Å². The Hall–Kier alpha value is -3.07. The molecule has 0 heterocycles. The van der Waals surface area contributed by atoms with Gasteiger partial charge in [0.15, 0.2) is 0 Å². The molecule has 0 spiro atoms. The van der Waals surface area contributed by atoms with Crippen LogP contribution in [0, 0.1) is 0 Å². The fourth-order valence-electron chi connectivity index (χ4n) is 3.30. The standard InChI is InChI=1S/C26H28O3/c1-4-19-8-6-10-22(14-19)23-11-7-9-21(15-23)18-29-25-16-20(5-2)12-13-24(25)17-26(27)28-3/h6-16H,4-5,17-18H2,1-3H3. The molecule has 0 aliphatic carbocycles. The number of benzene rings is 3. The van der Waals surface area contributed by atoms with E-state index < -0.39 is 0 Å². The number of ether oxygens (including phenoxy) is 2. The van der Waals surface area contributed by atoms with Gasteiger partial charge in [0.2, 0.25) is 0 Å². The Morgan fingerprint density at radius 1 is 0.793 bits per heavy atom. The minimum atomic E-state index is -0.267. The van der Waals surface area contributed by atoms with Crippen molar-refractivity contribution in [3.63, 3.8) is 0 Å². The van der Waals surface area contributed by atoms with Gasteiger partial charge >= 0.3 is 5.97 Å². The Balaban J connectivity index is 1.80. The third-order valence-corrected chi connectivity index (χ3v) is 5.09. The van der Waals surface area contributed by atoms with Crippen LogP contribution in [0.5, 0.6) is 5.75 Å². The lowest BCUT2D eigenvalue weighted by Crippen LogP contribution is -2.07. The Bertz CT molecular complexity index is 975. The van der Waals surface area contributed by atoms with Crippen molar-refractivity contribution in [2.45, 2.75) is 39.7 Å². The number of methoxy groups -OCH3 is 1. The van der Waals surface area contributed by atoms with E-state index in [9.17, 15) is 4.79 Å². The zero-order valence-electron chi connectivity index (χ0n) is 17.4. The van der Waals surface area contributed by atoms with Crippen LogP contribution >= 0.6 is 0 Å². The van der Waals surface area contributed by atoms with Crippen LogP contribution in [0.25, 0.3) is 11.1 Å². The molecule has 0 saturated heterocycles. The molecular formula is C26H28O3. The van der Waals surface area contributed by atoms with Gasteiger partial charge in [0.25, 0.3) is 0 Å². The largest absolute Gasteiger partial charge is 0.489 e. The van der Waals surface area contributed by atoms with Crippen LogP contribution in [-0.4, -0.2) is 13.1 Å². The fraction of sp³-hybridized carbons (Fsp3) is 0.269. The van der Waals surface area contributed by atoms with Crippen LogP contribution in [0.2, 0.25) is 0 Å². The summed E-state index contributed by atoms with van der Waals surface area (Å²) in [7, 11) is 1.41. The second-order valence-corrected chi connectivity index (χ2v) is 7.09. The highest BCUT2D eigenvalue weighted by Crippen LogP contribution is 2.25. The third-order valence-electron chi connectivity index (χ3n) is 5.09. The molecule has 0 N–H and O–H groups in total. The lowest BCUT2D eigenvalue weighted by atomic mass is 10.0. The summed E-state index contributed by atoms with van der Waals surface area (Å²) in [4.78, 5) is 11.7. The summed E-state index contributed by atoms with van der Waals surface area (Å²) in [6, 6.07) is 23.1. The maximum absolute atomic E-state index is 11.7. The average molecular weight is 389 g/mol. The van der Waals surface area contributed by atoms with Crippen LogP contribution < -0.4 is 4.74 Å². The molecule has 0 amide bonds. The predicted molar refractivity (Wildman–Crippen MR) is 117 cm³/mol. The highest BCUT2D eigenvalue weighted by atomic mass is 16.5. The lowest BCUT2D eigenvalue weighted by molar-refractivity contribution is -0.139. The van der Waals surface area contributed by atoms with E-state index >= 15 is 0 Å². The first-order chi connectivity index (χ1) is 14.1. The molecule has 0 aliphatic rings. The molecule has 0 bridgehead atoms. The zero-order chi connectivity index (χ0) is 20.6. The molecule has 3 heteroatoms. The monoisotopic (exact) mass is 388 g/mol. The summed E-state index contributed by atoms with van der Waals surface area (Å²) in [6.45, 7) is 4.72. The lowest BCUT2D eigenvalue weighted by Gasteiger charge is -2.13. The highest BCUT2D eigenvalue weighted by molar-refractivity contribution is 5.73. The van der Waals surface area contributed by atoms with Crippen molar-refractivity contribution in [3.8, 4) is 16.9 Å². The topological polar surface area (TPSA) is 35.5 Å². The molecule has 0 saturated carbocycles. The third kappa shape index (κ3) is 5.47. The molecule has 150 valence electrons. The number of aryl methyl sites for hydroxylation is 2. The predicted octanol–water partition coefficient (Wildman–Crippen LogP) is 5.77. The number of hydrogen-bond donors (Lipinski definition) is 0. The normalized spacial score (nSPS) is 10.6. The van der Waals surface area contributed by atoms with Crippen LogP contribution in [0.3, 0.4) is 0 Å². The molecule has 3 rings (SSSR count). The first-order valence-electron chi connectivity index (χ1n) is 10.1. The van der Waals surface area contributed by atoms with E-state index in [1.165, 1.54) is 29.4 Å². The van der Waals surface area contributed by atoms with E-state index in [4.69, 9.17) is 9.47 Å². The summed E-state index contributed by atoms with van der Waals surface area (Å²) in [6.07, 6.45) is 2.14. The molecule has 0 atom stereocenters. The van der Waals surface area contributed by atoms with E-state index in [1.54, 1.807) is 0 Å². The quantitative estimate of drug-likeness (QED) is 0.459. The summed E-state index contributed by atoms with van der Waals surface area (Å²) >= 11 is 0. The molecule has 0 radical (unpaired) electrons. The fourth-order valence-corrected chi connectivity index (χ4v) is 3.30. The average Bonchev–Trinajstić information content (AvgIpc) is 2.78. The van der Waals surface area contributed by atoms with E-state index in [-0.39, 0.29) is 12.4 Å². The number of carbonyl (C=O) groups excluding carboxylic acids is 1. The minimum absolute atomic E-state index is 0.208. The Kier molecular flexibility index (Phi) is 7.07.